The van der Waals surface area contributed by atoms with Crippen LogP contribution < -0.4 is 0 Å². The van der Waals surface area contributed by atoms with Gasteiger partial charge in [0.15, 0.2) is 0 Å². The van der Waals surface area contributed by atoms with Crippen LogP contribution >= 0.6 is 0 Å². The summed E-state index contributed by atoms with van der Waals surface area (Å²) in [5.74, 6) is 4.55. The molecule has 0 radical (unpaired) electrons. The fourth-order valence-corrected chi connectivity index (χ4v) is 3.06. The molecule has 0 amide bonds. The van der Waals surface area contributed by atoms with Gasteiger partial charge in [-0.2, -0.15) is 0 Å². The summed E-state index contributed by atoms with van der Waals surface area (Å²) in [5, 5.41) is 2.47. The second-order valence-electron chi connectivity index (χ2n) is 2.57. The zero-order chi connectivity index (χ0) is 8.81. The van der Waals surface area contributed by atoms with Gasteiger partial charge < -0.3 is 0 Å². The molecule has 0 spiro atoms. The van der Waals surface area contributed by atoms with Crippen molar-refractivity contribution in [1.82, 2.24) is 0 Å². The summed E-state index contributed by atoms with van der Waals surface area (Å²) in [4.78, 5) is 0. The summed E-state index contributed by atoms with van der Waals surface area (Å²) in [5.41, 5.74) is 2.80. The van der Waals surface area contributed by atoms with Crippen molar-refractivity contribution in [3.8, 4) is 0 Å². The Morgan fingerprint density at radius 1 is 1.08 bits per heavy atom. The van der Waals surface area contributed by atoms with E-state index in [1.165, 1.54) is 21.8 Å². The molecule has 0 aromatic heterocycles. The maximum atomic E-state index is 3.48. The third kappa shape index (κ3) is 3.33. The van der Waals surface area contributed by atoms with E-state index in [1.807, 2.05) is 0 Å². The molecule has 0 aliphatic carbocycles. The van der Waals surface area contributed by atoms with Crippen LogP contribution in [0.2, 0.25) is 11.6 Å². The first-order valence-electron chi connectivity index (χ1n) is 3.84. The van der Waals surface area contributed by atoms with Gasteiger partial charge in [-0.25, -0.2) is 0 Å². The topological polar surface area (TPSA) is 0 Å². The summed E-state index contributed by atoms with van der Waals surface area (Å²) in [7, 11) is 0. The van der Waals surface area contributed by atoms with Crippen LogP contribution in [0.1, 0.15) is 11.1 Å². The second-order valence-corrected chi connectivity index (χ2v) is 6.20. The Morgan fingerprint density at radius 3 is 2.00 bits per heavy atom. The van der Waals surface area contributed by atoms with Crippen molar-refractivity contribution in [2.45, 2.75) is 22.3 Å². The molecule has 0 aliphatic rings. The van der Waals surface area contributed by atoms with Crippen LogP contribution in [0.25, 0.3) is 0 Å². The molecule has 0 aliphatic heterocycles. The molecular formula is C10H13Se2-. The molecule has 0 bridgehead atoms. The molecule has 1 aromatic rings. The molecule has 0 unspecified atom stereocenters. The fraction of sp³-hybridized carbons (Fsp3) is 0.400. The summed E-state index contributed by atoms with van der Waals surface area (Å²) in [6.07, 6.45) is 0. The SMILES string of the molecule is C[Se]Cc1[c-]c(C[Se]C)ccc1. The van der Waals surface area contributed by atoms with E-state index in [4.69, 9.17) is 0 Å². The maximum absolute atomic E-state index is 3.48. The molecule has 0 N–H and O–H groups in total. The quantitative estimate of drug-likeness (QED) is 0.588. The molecule has 1 aromatic carbocycles. The number of rotatable bonds is 4. The molecule has 0 saturated heterocycles. The third-order valence-electron chi connectivity index (χ3n) is 1.52. The summed E-state index contributed by atoms with van der Waals surface area (Å²) < 4.78 is 0. The number of hydrogen-bond donors (Lipinski definition) is 0. The Kier molecular flexibility index (Phi) is 5.02. The molecule has 1 rings (SSSR count). The Balaban J connectivity index is 2.67. The normalized spacial score (nSPS) is 10.2. The van der Waals surface area contributed by atoms with Crippen LogP contribution in [0, 0.1) is 6.07 Å². The van der Waals surface area contributed by atoms with Crippen LogP contribution in [0.4, 0.5) is 0 Å². The van der Waals surface area contributed by atoms with Gasteiger partial charge in [-0.3, -0.25) is 0 Å². The molecule has 0 nitrogen and oxygen atoms in total. The predicted octanol–water partition coefficient (Wildman–Crippen LogP) is 1.99. The first-order chi connectivity index (χ1) is 5.86. The molecule has 12 heavy (non-hydrogen) atoms. The van der Waals surface area contributed by atoms with E-state index >= 15 is 0 Å². The van der Waals surface area contributed by atoms with Crippen molar-refractivity contribution in [2.24, 2.45) is 0 Å². The van der Waals surface area contributed by atoms with Gasteiger partial charge in [0.1, 0.15) is 0 Å². The summed E-state index contributed by atoms with van der Waals surface area (Å²) >= 11 is 1.49. The predicted molar refractivity (Wildman–Crippen MR) is 55.9 cm³/mol. The molecule has 0 heterocycles. The summed E-state index contributed by atoms with van der Waals surface area (Å²) in [6.45, 7) is 0. The first-order valence-corrected chi connectivity index (χ1v) is 9.69. The number of hydrogen-bond acceptors (Lipinski definition) is 0. The first kappa shape index (κ1) is 10.3. The summed E-state index contributed by atoms with van der Waals surface area (Å²) in [6, 6.07) is 10.0. The van der Waals surface area contributed by atoms with Crippen molar-refractivity contribution in [2.75, 3.05) is 0 Å². The van der Waals surface area contributed by atoms with E-state index in [0.29, 0.717) is 0 Å². The zero-order valence-corrected chi connectivity index (χ0v) is 10.9. The fourth-order valence-electron chi connectivity index (χ4n) is 1.05. The van der Waals surface area contributed by atoms with E-state index in [1.54, 1.807) is 0 Å². The van der Waals surface area contributed by atoms with Crippen LogP contribution in [0.3, 0.4) is 0 Å². The third-order valence-corrected chi connectivity index (χ3v) is 4.03. The van der Waals surface area contributed by atoms with Crippen molar-refractivity contribution < 1.29 is 0 Å². The Bertz CT molecular complexity index is 212. The minimum absolute atomic E-state index is 0.743. The van der Waals surface area contributed by atoms with E-state index < -0.39 is 0 Å². The van der Waals surface area contributed by atoms with Crippen LogP contribution in [-0.2, 0) is 10.6 Å². The molecule has 2 heteroatoms. The average Bonchev–Trinajstić information content (AvgIpc) is 2.06. The Labute approximate surface area is 87.5 Å². The van der Waals surface area contributed by atoms with Crippen LogP contribution in [0.5, 0.6) is 0 Å². The van der Waals surface area contributed by atoms with E-state index in [-0.39, 0.29) is 0 Å². The molecule has 0 saturated carbocycles. The molecule has 0 fully saturated rings. The van der Waals surface area contributed by atoms with Crippen LogP contribution in [-0.4, -0.2) is 29.9 Å². The van der Waals surface area contributed by atoms with Gasteiger partial charge in [0.2, 0.25) is 0 Å². The van der Waals surface area contributed by atoms with E-state index in [2.05, 4.69) is 35.9 Å². The Morgan fingerprint density at radius 2 is 1.58 bits per heavy atom. The van der Waals surface area contributed by atoms with Gasteiger partial charge in [0.05, 0.1) is 0 Å². The zero-order valence-electron chi connectivity index (χ0n) is 7.46. The van der Waals surface area contributed by atoms with Gasteiger partial charge in [-0.1, -0.05) is 0 Å². The molecular weight excluding hydrogens is 278 g/mol. The van der Waals surface area contributed by atoms with E-state index in [0.717, 1.165) is 29.9 Å². The van der Waals surface area contributed by atoms with Crippen molar-refractivity contribution in [1.29, 1.82) is 0 Å². The minimum atomic E-state index is 0.743. The van der Waals surface area contributed by atoms with Gasteiger partial charge >= 0.3 is 87.6 Å². The van der Waals surface area contributed by atoms with Crippen molar-refractivity contribution in [3.05, 3.63) is 35.4 Å². The standard InChI is InChI=1S/C10H13Se2/c1-11-7-9-4-3-5-10(6-9)8-12-2/h3-5H,7-8H2,1-2H3/q-1. The monoisotopic (exact) mass is 293 g/mol. The average molecular weight is 291 g/mol. The van der Waals surface area contributed by atoms with Gasteiger partial charge in [0, 0.05) is 0 Å². The number of benzene rings is 1. The van der Waals surface area contributed by atoms with E-state index in [9.17, 15) is 0 Å². The van der Waals surface area contributed by atoms with Crippen molar-refractivity contribution in [3.63, 3.8) is 0 Å². The van der Waals surface area contributed by atoms with Crippen LogP contribution in [0.15, 0.2) is 18.2 Å². The van der Waals surface area contributed by atoms with Gasteiger partial charge in [0.25, 0.3) is 0 Å². The second kappa shape index (κ2) is 5.83. The molecule has 66 valence electrons. The van der Waals surface area contributed by atoms with Gasteiger partial charge in [-0.05, 0) is 0 Å². The van der Waals surface area contributed by atoms with Gasteiger partial charge in [-0.15, -0.1) is 0 Å². The molecule has 0 atom stereocenters. The van der Waals surface area contributed by atoms with Crippen molar-refractivity contribution >= 4 is 29.9 Å². The Hall–Kier alpha value is 0.259.